The standard InChI is InChI=1S/C20H30N4O2/c1-15-5-6-16(2)17(13-15)22-18(25)14-24-11-7-20(8-12-24)19(26)21-9-4-10-23(20)3/h5-6,13H,4,7-12,14H2,1-3H3,(H,21,26)(H,22,25). The molecule has 6 nitrogen and oxygen atoms in total. The van der Waals surface area contributed by atoms with Gasteiger partial charge in [0.2, 0.25) is 11.8 Å². The summed E-state index contributed by atoms with van der Waals surface area (Å²) >= 11 is 0. The molecule has 2 amide bonds. The maximum Gasteiger partial charge on any atom is 0.240 e. The molecule has 2 heterocycles. The zero-order valence-corrected chi connectivity index (χ0v) is 16.1. The van der Waals surface area contributed by atoms with Crippen LogP contribution in [-0.2, 0) is 9.59 Å². The average molecular weight is 358 g/mol. The van der Waals surface area contributed by atoms with Crippen LogP contribution in [-0.4, -0.2) is 66.9 Å². The second-order valence-corrected chi connectivity index (χ2v) is 7.71. The number of nitrogens with one attached hydrogen (secondary N) is 2. The lowest BCUT2D eigenvalue weighted by Crippen LogP contribution is -2.61. The second-order valence-electron chi connectivity index (χ2n) is 7.71. The van der Waals surface area contributed by atoms with Gasteiger partial charge in [-0.25, -0.2) is 0 Å². The molecule has 1 aromatic carbocycles. The van der Waals surface area contributed by atoms with Gasteiger partial charge in [-0.2, -0.15) is 0 Å². The highest BCUT2D eigenvalue weighted by Gasteiger charge is 2.45. The molecule has 2 aliphatic heterocycles. The minimum atomic E-state index is -0.406. The van der Waals surface area contributed by atoms with E-state index in [1.165, 1.54) is 0 Å². The van der Waals surface area contributed by atoms with Gasteiger partial charge in [0.15, 0.2) is 0 Å². The highest BCUT2D eigenvalue weighted by atomic mass is 16.2. The van der Waals surface area contributed by atoms with Gasteiger partial charge in [-0.3, -0.25) is 19.4 Å². The van der Waals surface area contributed by atoms with Crippen molar-refractivity contribution in [3.63, 3.8) is 0 Å². The lowest BCUT2D eigenvalue weighted by atomic mass is 9.85. The summed E-state index contributed by atoms with van der Waals surface area (Å²) in [6.45, 7) is 7.61. The maximum atomic E-state index is 12.6. The Morgan fingerprint density at radius 1 is 1.23 bits per heavy atom. The highest BCUT2D eigenvalue weighted by molar-refractivity contribution is 5.93. The number of rotatable bonds is 3. The zero-order chi connectivity index (χ0) is 18.7. The molecule has 1 spiro atoms. The van der Waals surface area contributed by atoms with Gasteiger partial charge >= 0.3 is 0 Å². The van der Waals surface area contributed by atoms with Crippen LogP contribution < -0.4 is 10.6 Å². The van der Waals surface area contributed by atoms with E-state index in [0.29, 0.717) is 6.54 Å². The average Bonchev–Trinajstić information content (AvgIpc) is 2.74. The third-order valence-corrected chi connectivity index (χ3v) is 5.83. The molecule has 142 valence electrons. The zero-order valence-electron chi connectivity index (χ0n) is 16.1. The Hall–Kier alpha value is -1.92. The van der Waals surface area contributed by atoms with Gasteiger partial charge in [0, 0.05) is 31.9 Å². The van der Waals surface area contributed by atoms with Crippen molar-refractivity contribution in [2.75, 3.05) is 45.1 Å². The van der Waals surface area contributed by atoms with Gasteiger partial charge < -0.3 is 10.6 Å². The smallest absolute Gasteiger partial charge is 0.240 e. The number of hydrogen-bond acceptors (Lipinski definition) is 4. The topological polar surface area (TPSA) is 64.7 Å². The Balaban J connectivity index is 1.57. The van der Waals surface area contributed by atoms with Crippen molar-refractivity contribution in [1.29, 1.82) is 0 Å². The molecule has 26 heavy (non-hydrogen) atoms. The minimum Gasteiger partial charge on any atom is -0.354 e. The van der Waals surface area contributed by atoms with Crippen LogP contribution in [0.3, 0.4) is 0 Å². The molecule has 0 atom stereocenters. The van der Waals surface area contributed by atoms with Crippen molar-refractivity contribution in [3.05, 3.63) is 29.3 Å². The van der Waals surface area contributed by atoms with Crippen LogP contribution in [0.15, 0.2) is 18.2 Å². The van der Waals surface area contributed by atoms with Crippen molar-refractivity contribution in [2.45, 2.75) is 38.6 Å². The van der Waals surface area contributed by atoms with Crippen molar-refractivity contribution >= 4 is 17.5 Å². The first-order chi connectivity index (χ1) is 12.4. The fourth-order valence-electron chi connectivity index (χ4n) is 4.02. The molecule has 2 fully saturated rings. The molecule has 2 N–H and O–H groups in total. The maximum absolute atomic E-state index is 12.6. The van der Waals surface area contributed by atoms with Crippen LogP contribution >= 0.6 is 0 Å². The molecule has 3 rings (SSSR count). The van der Waals surface area contributed by atoms with Crippen LogP contribution in [0, 0.1) is 13.8 Å². The van der Waals surface area contributed by atoms with Crippen LogP contribution in [0.25, 0.3) is 0 Å². The summed E-state index contributed by atoms with van der Waals surface area (Å²) in [4.78, 5) is 29.4. The lowest BCUT2D eigenvalue weighted by Gasteiger charge is -2.44. The number of likely N-dealkylation sites (tertiary alicyclic amines) is 1. The number of carbonyl (C=O) groups excluding carboxylic acids is 2. The SMILES string of the molecule is Cc1ccc(C)c(NC(=O)CN2CCC3(CC2)C(=O)NCCCN3C)c1. The quantitative estimate of drug-likeness (QED) is 0.860. The van der Waals surface area contributed by atoms with Gasteiger partial charge in [0.1, 0.15) is 5.54 Å². The van der Waals surface area contributed by atoms with E-state index in [-0.39, 0.29) is 11.8 Å². The summed E-state index contributed by atoms with van der Waals surface area (Å²) in [6, 6.07) is 6.07. The molecular formula is C20H30N4O2. The Morgan fingerprint density at radius 3 is 2.69 bits per heavy atom. The Morgan fingerprint density at radius 2 is 1.96 bits per heavy atom. The van der Waals surface area contributed by atoms with E-state index in [4.69, 9.17) is 0 Å². The summed E-state index contributed by atoms with van der Waals surface area (Å²) in [5.41, 5.74) is 2.68. The summed E-state index contributed by atoms with van der Waals surface area (Å²) in [5, 5.41) is 6.08. The second kappa shape index (κ2) is 7.76. The van der Waals surface area contributed by atoms with Crippen molar-refractivity contribution in [1.82, 2.24) is 15.1 Å². The van der Waals surface area contributed by atoms with E-state index in [2.05, 4.69) is 20.4 Å². The molecule has 6 heteroatoms. The molecule has 0 bridgehead atoms. The fourth-order valence-corrected chi connectivity index (χ4v) is 4.02. The monoisotopic (exact) mass is 358 g/mol. The van der Waals surface area contributed by atoms with Gasteiger partial charge in [-0.05, 0) is 57.4 Å². The number of nitrogens with zero attached hydrogens (tertiary/aromatic N) is 2. The van der Waals surface area contributed by atoms with Gasteiger partial charge in [-0.1, -0.05) is 12.1 Å². The van der Waals surface area contributed by atoms with E-state index in [1.54, 1.807) is 0 Å². The number of hydrogen-bond donors (Lipinski definition) is 2. The van der Waals surface area contributed by atoms with E-state index >= 15 is 0 Å². The highest BCUT2D eigenvalue weighted by Crippen LogP contribution is 2.30. The largest absolute Gasteiger partial charge is 0.354 e. The predicted octanol–water partition coefficient (Wildman–Crippen LogP) is 1.53. The normalized spacial score (nSPS) is 21.3. The van der Waals surface area contributed by atoms with Crippen LogP contribution in [0.5, 0.6) is 0 Å². The van der Waals surface area contributed by atoms with Gasteiger partial charge in [0.05, 0.1) is 6.54 Å². The number of anilines is 1. The van der Waals surface area contributed by atoms with Crippen LogP contribution in [0.2, 0.25) is 0 Å². The first-order valence-corrected chi connectivity index (χ1v) is 9.50. The third kappa shape index (κ3) is 3.91. The van der Waals surface area contributed by atoms with Crippen LogP contribution in [0.1, 0.15) is 30.4 Å². The molecule has 0 saturated carbocycles. The number of amides is 2. The number of benzene rings is 1. The Bertz CT molecular complexity index is 680. The predicted molar refractivity (Wildman–Crippen MR) is 103 cm³/mol. The minimum absolute atomic E-state index is 0.00771. The van der Waals surface area contributed by atoms with E-state index in [1.807, 2.05) is 39.1 Å². The van der Waals surface area contributed by atoms with Crippen molar-refractivity contribution in [3.8, 4) is 0 Å². The lowest BCUT2D eigenvalue weighted by molar-refractivity contribution is -0.135. The molecule has 0 aromatic heterocycles. The van der Waals surface area contributed by atoms with E-state index < -0.39 is 5.54 Å². The first-order valence-electron chi connectivity index (χ1n) is 9.50. The molecule has 0 unspecified atom stereocenters. The van der Waals surface area contributed by atoms with Crippen molar-refractivity contribution in [2.24, 2.45) is 0 Å². The summed E-state index contributed by atoms with van der Waals surface area (Å²) in [6.07, 6.45) is 2.53. The number of carbonyl (C=O) groups is 2. The summed E-state index contributed by atoms with van der Waals surface area (Å²) < 4.78 is 0. The Labute approximate surface area is 155 Å². The molecule has 1 aromatic rings. The number of piperidine rings is 1. The number of aryl methyl sites for hydroxylation is 2. The van der Waals surface area contributed by atoms with Crippen molar-refractivity contribution < 1.29 is 9.59 Å². The molecule has 2 aliphatic rings. The van der Waals surface area contributed by atoms with E-state index in [9.17, 15) is 9.59 Å². The van der Waals surface area contributed by atoms with Crippen LogP contribution in [0.4, 0.5) is 5.69 Å². The third-order valence-electron chi connectivity index (χ3n) is 5.83. The van der Waals surface area contributed by atoms with Gasteiger partial charge in [0.25, 0.3) is 0 Å². The molecule has 0 aliphatic carbocycles. The fraction of sp³-hybridized carbons (Fsp3) is 0.600. The van der Waals surface area contributed by atoms with E-state index in [0.717, 1.165) is 62.3 Å². The molecule has 2 saturated heterocycles. The van der Waals surface area contributed by atoms with Gasteiger partial charge in [-0.15, -0.1) is 0 Å². The first kappa shape index (κ1) is 18.9. The summed E-state index contributed by atoms with van der Waals surface area (Å²) in [5.74, 6) is 0.158. The molecular weight excluding hydrogens is 328 g/mol. The Kier molecular flexibility index (Phi) is 5.63. The molecule has 0 radical (unpaired) electrons. The number of likely N-dealkylation sites (N-methyl/N-ethyl adjacent to an activating group) is 1. The summed E-state index contributed by atoms with van der Waals surface area (Å²) in [7, 11) is 2.05.